The highest BCUT2D eigenvalue weighted by Gasteiger charge is 2.25. The Morgan fingerprint density at radius 2 is 2.06 bits per heavy atom. The summed E-state index contributed by atoms with van der Waals surface area (Å²) < 4.78 is 4.98. The number of rotatable bonds is 3. The van der Waals surface area contributed by atoms with Crippen LogP contribution in [-0.4, -0.2) is 11.2 Å². The smallest absolute Gasteiger partial charge is 0.328 e. The zero-order valence-electron chi connectivity index (χ0n) is 8.97. The van der Waals surface area contributed by atoms with Crippen molar-refractivity contribution in [3.63, 3.8) is 0 Å². The van der Waals surface area contributed by atoms with Crippen molar-refractivity contribution in [3.05, 3.63) is 48.2 Å². The van der Waals surface area contributed by atoms with Gasteiger partial charge >= 0.3 is 5.97 Å². The number of benzene rings is 1. The molecule has 2 rings (SSSR count). The number of cyclic esters (lactones) is 1. The normalized spacial score (nSPS) is 19.2. The second kappa shape index (κ2) is 4.58. The van der Waals surface area contributed by atoms with Crippen LogP contribution in [0.15, 0.2) is 47.6 Å². The van der Waals surface area contributed by atoms with Crippen LogP contribution in [0, 0.1) is 0 Å². The molecule has 1 aliphatic heterocycles. The van der Waals surface area contributed by atoms with Gasteiger partial charge in [0, 0.05) is 4.90 Å². The molecule has 0 radical (unpaired) electrons. The SMILES string of the molecule is C=Cc1ccc(SC2C=C(C)OC2=O)cc1. The van der Waals surface area contributed by atoms with Gasteiger partial charge in [-0.05, 0) is 30.7 Å². The Morgan fingerprint density at radius 3 is 2.56 bits per heavy atom. The van der Waals surface area contributed by atoms with Gasteiger partial charge in [0.25, 0.3) is 0 Å². The van der Waals surface area contributed by atoms with E-state index in [1.165, 1.54) is 11.8 Å². The molecule has 0 saturated heterocycles. The molecule has 1 heterocycles. The molecule has 2 nitrogen and oxygen atoms in total. The van der Waals surface area contributed by atoms with E-state index in [4.69, 9.17) is 4.74 Å². The summed E-state index contributed by atoms with van der Waals surface area (Å²) in [7, 11) is 0. The Morgan fingerprint density at radius 1 is 1.38 bits per heavy atom. The van der Waals surface area contributed by atoms with Crippen molar-refractivity contribution in [1.82, 2.24) is 0 Å². The lowest BCUT2D eigenvalue weighted by Crippen LogP contribution is -2.09. The lowest BCUT2D eigenvalue weighted by molar-refractivity contribution is -0.135. The third-order valence-electron chi connectivity index (χ3n) is 2.26. The molecule has 0 fully saturated rings. The van der Waals surface area contributed by atoms with Gasteiger partial charge in [-0.3, -0.25) is 4.79 Å². The molecule has 0 N–H and O–H groups in total. The summed E-state index contributed by atoms with van der Waals surface area (Å²) in [5.41, 5.74) is 1.07. The molecule has 1 aromatic carbocycles. The number of hydrogen-bond acceptors (Lipinski definition) is 3. The molecule has 16 heavy (non-hydrogen) atoms. The van der Waals surface area contributed by atoms with E-state index in [0.29, 0.717) is 5.76 Å². The first-order valence-electron chi connectivity index (χ1n) is 4.98. The predicted molar refractivity (Wildman–Crippen MR) is 66.0 cm³/mol. The van der Waals surface area contributed by atoms with Crippen molar-refractivity contribution in [3.8, 4) is 0 Å². The first-order valence-corrected chi connectivity index (χ1v) is 5.86. The monoisotopic (exact) mass is 232 g/mol. The number of allylic oxidation sites excluding steroid dienone is 1. The van der Waals surface area contributed by atoms with Crippen LogP contribution < -0.4 is 0 Å². The van der Waals surface area contributed by atoms with Crippen molar-refractivity contribution in [2.75, 3.05) is 0 Å². The molecule has 1 atom stereocenters. The average molecular weight is 232 g/mol. The summed E-state index contributed by atoms with van der Waals surface area (Å²) in [4.78, 5) is 12.5. The Hall–Kier alpha value is -1.48. The fourth-order valence-electron chi connectivity index (χ4n) is 1.44. The maximum atomic E-state index is 11.4. The number of carbonyl (C=O) groups excluding carboxylic acids is 1. The van der Waals surface area contributed by atoms with E-state index in [-0.39, 0.29) is 11.2 Å². The highest BCUT2D eigenvalue weighted by atomic mass is 32.2. The molecule has 1 aromatic rings. The summed E-state index contributed by atoms with van der Waals surface area (Å²) in [5.74, 6) is 0.500. The quantitative estimate of drug-likeness (QED) is 0.748. The van der Waals surface area contributed by atoms with Crippen molar-refractivity contribution in [1.29, 1.82) is 0 Å². The van der Waals surface area contributed by atoms with Gasteiger partial charge < -0.3 is 4.74 Å². The van der Waals surface area contributed by atoms with Crippen molar-refractivity contribution in [2.45, 2.75) is 17.1 Å². The van der Waals surface area contributed by atoms with Gasteiger partial charge in [0.1, 0.15) is 11.0 Å². The van der Waals surface area contributed by atoms with Gasteiger partial charge in [0.05, 0.1) is 0 Å². The lowest BCUT2D eigenvalue weighted by atomic mass is 10.2. The molecular formula is C13H12O2S. The minimum absolute atomic E-state index is 0.185. The van der Waals surface area contributed by atoms with E-state index in [1.54, 1.807) is 13.0 Å². The topological polar surface area (TPSA) is 26.3 Å². The van der Waals surface area contributed by atoms with Gasteiger partial charge in [-0.2, -0.15) is 0 Å². The van der Waals surface area contributed by atoms with Crippen molar-refractivity contribution in [2.24, 2.45) is 0 Å². The summed E-state index contributed by atoms with van der Waals surface area (Å²) >= 11 is 1.50. The van der Waals surface area contributed by atoms with Crippen molar-refractivity contribution >= 4 is 23.8 Å². The molecule has 0 spiro atoms. The summed E-state index contributed by atoms with van der Waals surface area (Å²) in [6, 6.07) is 7.92. The van der Waals surface area contributed by atoms with Crippen LogP contribution in [0.2, 0.25) is 0 Å². The third-order valence-corrected chi connectivity index (χ3v) is 3.39. The highest BCUT2D eigenvalue weighted by Crippen LogP contribution is 2.30. The zero-order chi connectivity index (χ0) is 11.5. The molecule has 1 aliphatic rings. The van der Waals surface area contributed by atoms with Gasteiger partial charge in [-0.25, -0.2) is 0 Å². The van der Waals surface area contributed by atoms with E-state index in [1.807, 2.05) is 30.3 Å². The Kier molecular flexibility index (Phi) is 3.15. The second-order valence-electron chi connectivity index (χ2n) is 3.51. The Bertz CT molecular complexity index is 446. The molecule has 0 amide bonds. The summed E-state index contributed by atoms with van der Waals surface area (Å²) in [6.45, 7) is 5.49. The van der Waals surface area contributed by atoms with Crippen LogP contribution in [0.1, 0.15) is 12.5 Å². The first kappa shape index (κ1) is 11.0. The minimum atomic E-state index is -0.213. The molecule has 82 valence electrons. The van der Waals surface area contributed by atoms with Gasteiger partial charge in [-0.15, -0.1) is 11.8 Å². The summed E-state index contributed by atoms with van der Waals surface area (Å²) in [6.07, 6.45) is 3.64. The largest absolute Gasteiger partial charge is 0.431 e. The Balaban J connectivity index is 2.09. The fraction of sp³-hybridized carbons (Fsp3) is 0.154. The average Bonchev–Trinajstić information content (AvgIpc) is 2.59. The molecule has 0 aliphatic carbocycles. The maximum absolute atomic E-state index is 11.4. The second-order valence-corrected chi connectivity index (χ2v) is 4.73. The Labute approximate surface area is 99.0 Å². The zero-order valence-corrected chi connectivity index (χ0v) is 9.79. The number of hydrogen-bond donors (Lipinski definition) is 0. The van der Waals surface area contributed by atoms with Crippen LogP contribution in [0.3, 0.4) is 0 Å². The molecule has 3 heteroatoms. The van der Waals surface area contributed by atoms with Gasteiger partial charge in [-0.1, -0.05) is 24.8 Å². The van der Waals surface area contributed by atoms with E-state index in [2.05, 4.69) is 6.58 Å². The van der Waals surface area contributed by atoms with Crippen LogP contribution >= 0.6 is 11.8 Å². The van der Waals surface area contributed by atoms with Crippen LogP contribution in [0.25, 0.3) is 6.08 Å². The van der Waals surface area contributed by atoms with E-state index >= 15 is 0 Å². The minimum Gasteiger partial charge on any atom is -0.431 e. The lowest BCUT2D eigenvalue weighted by Gasteiger charge is -2.04. The van der Waals surface area contributed by atoms with E-state index in [0.717, 1.165) is 10.5 Å². The fourth-order valence-corrected chi connectivity index (χ4v) is 2.43. The third kappa shape index (κ3) is 2.36. The maximum Gasteiger partial charge on any atom is 0.328 e. The van der Waals surface area contributed by atoms with Crippen LogP contribution in [0.4, 0.5) is 0 Å². The number of thioether (sulfide) groups is 1. The number of carbonyl (C=O) groups is 1. The first-order chi connectivity index (χ1) is 7.69. The predicted octanol–water partition coefficient (Wildman–Crippen LogP) is 3.25. The number of esters is 1. The van der Waals surface area contributed by atoms with Crippen LogP contribution in [0.5, 0.6) is 0 Å². The summed E-state index contributed by atoms with van der Waals surface area (Å²) in [5, 5.41) is -0.213. The van der Waals surface area contributed by atoms with Crippen LogP contribution in [-0.2, 0) is 9.53 Å². The molecular weight excluding hydrogens is 220 g/mol. The number of ether oxygens (including phenoxy) is 1. The van der Waals surface area contributed by atoms with Gasteiger partial charge in [0.15, 0.2) is 0 Å². The molecule has 1 unspecified atom stereocenters. The molecule has 0 bridgehead atoms. The van der Waals surface area contributed by atoms with Gasteiger partial charge in [0.2, 0.25) is 0 Å². The standard InChI is InChI=1S/C13H12O2S/c1-3-10-4-6-11(7-5-10)16-12-8-9(2)15-13(12)14/h3-8,12H,1H2,2H3. The van der Waals surface area contributed by atoms with E-state index in [9.17, 15) is 4.79 Å². The van der Waals surface area contributed by atoms with Crippen molar-refractivity contribution < 1.29 is 9.53 Å². The van der Waals surface area contributed by atoms with E-state index < -0.39 is 0 Å². The molecule has 0 saturated carbocycles. The highest BCUT2D eigenvalue weighted by molar-refractivity contribution is 8.00. The molecule has 0 aromatic heterocycles.